The van der Waals surface area contributed by atoms with Crippen LogP contribution < -0.4 is 16.4 Å². The van der Waals surface area contributed by atoms with Gasteiger partial charge in [0.05, 0.1) is 11.4 Å². The minimum absolute atomic E-state index is 0.0204. The lowest BCUT2D eigenvalue weighted by atomic mass is 10.2. The van der Waals surface area contributed by atoms with E-state index in [1.54, 1.807) is 12.1 Å². The highest BCUT2D eigenvalue weighted by atomic mass is 32.1. The molecule has 0 saturated heterocycles. The largest absolute Gasteiger partial charge is 0.399 e. The van der Waals surface area contributed by atoms with Gasteiger partial charge in [-0.15, -0.1) is 11.3 Å². The van der Waals surface area contributed by atoms with Gasteiger partial charge in [0.25, 0.3) is 5.91 Å². The molecule has 0 unspecified atom stereocenters. The first kappa shape index (κ1) is 14.3. The van der Waals surface area contributed by atoms with Crippen molar-refractivity contribution in [1.82, 2.24) is 10.6 Å². The number of benzene rings is 1. The third-order valence-electron chi connectivity index (χ3n) is 2.62. The maximum Gasteiger partial charge on any atom is 0.261 e. The summed E-state index contributed by atoms with van der Waals surface area (Å²) in [6, 6.07) is 7.36. The van der Waals surface area contributed by atoms with Gasteiger partial charge in [0.15, 0.2) is 0 Å². The number of fused-ring (bicyclic) bond motifs is 1. The average molecular weight is 291 g/mol. The maximum absolute atomic E-state index is 12.0. The van der Waals surface area contributed by atoms with Crippen molar-refractivity contribution in [1.29, 1.82) is 0 Å². The van der Waals surface area contributed by atoms with Crippen LogP contribution in [0.4, 0.5) is 5.69 Å². The predicted molar refractivity (Wildman–Crippen MR) is 81.8 cm³/mol. The van der Waals surface area contributed by atoms with Crippen LogP contribution in [0.3, 0.4) is 0 Å². The van der Waals surface area contributed by atoms with Crippen LogP contribution in [-0.4, -0.2) is 24.4 Å². The number of thiophene rings is 1. The number of nitrogens with one attached hydrogen (secondary N) is 2. The van der Waals surface area contributed by atoms with Gasteiger partial charge in [-0.05, 0) is 43.5 Å². The van der Waals surface area contributed by atoms with E-state index < -0.39 is 0 Å². The Bertz CT molecular complexity index is 649. The normalized spacial score (nSPS) is 10.8. The van der Waals surface area contributed by atoms with Gasteiger partial charge >= 0.3 is 0 Å². The quantitative estimate of drug-likeness (QED) is 0.750. The van der Waals surface area contributed by atoms with Crippen molar-refractivity contribution in [2.75, 3.05) is 12.3 Å². The van der Waals surface area contributed by atoms with E-state index >= 15 is 0 Å². The van der Waals surface area contributed by atoms with E-state index in [2.05, 4.69) is 10.6 Å². The topological polar surface area (TPSA) is 84.2 Å². The molecule has 20 heavy (non-hydrogen) atoms. The van der Waals surface area contributed by atoms with Gasteiger partial charge in [-0.25, -0.2) is 0 Å². The molecule has 106 valence electrons. The van der Waals surface area contributed by atoms with Crippen LogP contribution in [0.25, 0.3) is 10.1 Å². The molecule has 0 atom stereocenters. The van der Waals surface area contributed by atoms with Gasteiger partial charge in [-0.1, -0.05) is 0 Å². The molecule has 1 heterocycles. The van der Waals surface area contributed by atoms with Gasteiger partial charge in [-0.2, -0.15) is 0 Å². The van der Waals surface area contributed by atoms with Crippen LogP contribution >= 0.6 is 11.3 Å². The summed E-state index contributed by atoms with van der Waals surface area (Å²) < 4.78 is 0.996. The van der Waals surface area contributed by atoms with E-state index in [9.17, 15) is 9.59 Å². The number of carbonyl (C=O) groups excluding carboxylic acids is 2. The molecule has 2 amide bonds. The highest BCUT2D eigenvalue weighted by Gasteiger charge is 2.12. The van der Waals surface area contributed by atoms with E-state index in [0.717, 1.165) is 10.1 Å². The highest BCUT2D eigenvalue weighted by molar-refractivity contribution is 7.20. The second-order valence-corrected chi connectivity index (χ2v) is 5.90. The molecule has 2 rings (SSSR count). The monoisotopic (exact) mass is 291 g/mol. The van der Waals surface area contributed by atoms with E-state index in [4.69, 9.17) is 5.73 Å². The van der Waals surface area contributed by atoms with Gasteiger partial charge < -0.3 is 16.4 Å². The van der Waals surface area contributed by atoms with Crippen LogP contribution in [-0.2, 0) is 4.79 Å². The molecule has 0 bridgehead atoms. The maximum atomic E-state index is 12.0. The first-order valence-corrected chi connectivity index (χ1v) is 7.14. The summed E-state index contributed by atoms with van der Waals surface area (Å²) in [4.78, 5) is 24.0. The smallest absolute Gasteiger partial charge is 0.261 e. The Balaban J connectivity index is 2.02. The zero-order valence-corrected chi connectivity index (χ0v) is 12.2. The Morgan fingerprint density at radius 2 is 2.05 bits per heavy atom. The molecule has 0 saturated carbocycles. The van der Waals surface area contributed by atoms with E-state index in [1.165, 1.54) is 11.3 Å². The van der Waals surface area contributed by atoms with Crippen molar-refractivity contribution in [3.63, 3.8) is 0 Å². The molecule has 0 aliphatic carbocycles. The number of nitrogens with two attached hydrogens (primary N) is 1. The van der Waals surface area contributed by atoms with Gasteiger partial charge in [0.1, 0.15) is 0 Å². The second-order valence-electron chi connectivity index (χ2n) is 4.81. The van der Waals surface area contributed by atoms with Crippen LogP contribution in [0.5, 0.6) is 0 Å². The molecule has 6 heteroatoms. The van der Waals surface area contributed by atoms with Crippen molar-refractivity contribution in [3.8, 4) is 0 Å². The lowest BCUT2D eigenvalue weighted by Crippen LogP contribution is -2.39. The number of rotatable bonds is 4. The third-order valence-corrected chi connectivity index (χ3v) is 3.74. The first-order valence-electron chi connectivity index (χ1n) is 6.32. The number of hydrogen-bond donors (Lipinski definition) is 3. The molecule has 5 nitrogen and oxygen atoms in total. The molecule has 0 spiro atoms. The Morgan fingerprint density at radius 1 is 1.30 bits per heavy atom. The Morgan fingerprint density at radius 3 is 2.75 bits per heavy atom. The zero-order chi connectivity index (χ0) is 14.7. The van der Waals surface area contributed by atoms with Crippen molar-refractivity contribution in [3.05, 3.63) is 29.1 Å². The van der Waals surface area contributed by atoms with E-state index in [1.807, 2.05) is 26.0 Å². The fraction of sp³-hybridized carbons (Fsp3) is 0.286. The molecule has 2 aromatic rings. The average Bonchev–Trinajstić information content (AvgIpc) is 2.78. The molecule has 1 aromatic heterocycles. The molecular weight excluding hydrogens is 274 g/mol. The standard InChI is InChI=1S/C14H17N3O2S/c1-8(2)17-13(18)7-16-14(19)12-6-9-5-10(15)3-4-11(9)20-12/h3-6,8H,7,15H2,1-2H3,(H,16,19)(H,17,18). The zero-order valence-electron chi connectivity index (χ0n) is 11.4. The molecule has 1 aromatic carbocycles. The second kappa shape index (κ2) is 5.92. The van der Waals surface area contributed by atoms with Gasteiger partial charge in [-0.3, -0.25) is 9.59 Å². The number of carbonyl (C=O) groups is 2. The Kier molecular flexibility index (Phi) is 4.24. The van der Waals surface area contributed by atoms with E-state index in [0.29, 0.717) is 10.6 Å². The number of amides is 2. The van der Waals surface area contributed by atoms with Crippen LogP contribution in [0.1, 0.15) is 23.5 Å². The SMILES string of the molecule is CC(C)NC(=O)CNC(=O)c1cc2cc(N)ccc2s1. The summed E-state index contributed by atoms with van der Waals surface area (Å²) >= 11 is 1.38. The van der Waals surface area contributed by atoms with Crippen molar-refractivity contribution in [2.45, 2.75) is 19.9 Å². The summed E-state index contributed by atoms with van der Waals surface area (Å²) in [5.74, 6) is -0.442. The molecular formula is C14H17N3O2S. The van der Waals surface area contributed by atoms with Gasteiger partial charge in [0, 0.05) is 16.4 Å². The van der Waals surface area contributed by atoms with Crippen molar-refractivity contribution in [2.24, 2.45) is 0 Å². The number of hydrogen-bond acceptors (Lipinski definition) is 4. The highest BCUT2D eigenvalue weighted by Crippen LogP contribution is 2.27. The summed E-state index contributed by atoms with van der Waals surface area (Å²) in [7, 11) is 0. The fourth-order valence-electron chi connectivity index (χ4n) is 1.79. The Hall–Kier alpha value is -2.08. The van der Waals surface area contributed by atoms with Gasteiger partial charge in [0.2, 0.25) is 5.91 Å². The molecule has 0 aliphatic heterocycles. The fourth-order valence-corrected chi connectivity index (χ4v) is 2.75. The lowest BCUT2D eigenvalue weighted by Gasteiger charge is -2.08. The summed E-state index contributed by atoms with van der Waals surface area (Å²) in [6.45, 7) is 3.72. The van der Waals surface area contributed by atoms with Crippen LogP contribution in [0.2, 0.25) is 0 Å². The van der Waals surface area contributed by atoms with Crippen molar-refractivity contribution >= 4 is 38.9 Å². The molecule has 0 aliphatic rings. The molecule has 0 fully saturated rings. The first-order chi connectivity index (χ1) is 9.45. The molecule has 0 radical (unpaired) electrons. The van der Waals surface area contributed by atoms with Crippen LogP contribution in [0, 0.1) is 0 Å². The minimum atomic E-state index is -0.247. The summed E-state index contributed by atoms with van der Waals surface area (Å²) in [6.07, 6.45) is 0. The van der Waals surface area contributed by atoms with E-state index in [-0.39, 0.29) is 24.4 Å². The summed E-state index contributed by atoms with van der Waals surface area (Å²) in [5, 5.41) is 6.26. The summed E-state index contributed by atoms with van der Waals surface area (Å²) in [5.41, 5.74) is 6.37. The molecule has 4 N–H and O–H groups in total. The lowest BCUT2D eigenvalue weighted by molar-refractivity contribution is -0.120. The Labute approximate surface area is 121 Å². The third kappa shape index (κ3) is 3.48. The number of anilines is 1. The minimum Gasteiger partial charge on any atom is -0.399 e. The van der Waals surface area contributed by atoms with Crippen LogP contribution in [0.15, 0.2) is 24.3 Å². The predicted octanol–water partition coefficient (Wildman–Crippen LogP) is 1.74. The van der Waals surface area contributed by atoms with Crippen molar-refractivity contribution < 1.29 is 9.59 Å². The number of nitrogen functional groups attached to an aromatic ring is 1.